The minimum atomic E-state index is -0.103. The highest BCUT2D eigenvalue weighted by Gasteiger charge is 2.27. The third-order valence-corrected chi connectivity index (χ3v) is 6.99. The van der Waals surface area contributed by atoms with E-state index in [9.17, 15) is 4.79 Å². The Morgan fingerprint density at radius 2 is 1.89 bits per heavy atom. The number of anilines is 1. The summed E-state index contributed by atoms with van der Waals surface area (Å²) in [6, 6.07) is 5.63. The number of aromatic nitrogens is 3. The van der Waals surface area contributed by atoms with Crippen molar-refractivity contribution in [3.05, 3.63) is 29.6 Å². The van der Waals surface area contributed by atoms with E-state index in [0.29, 0.717) is 34.4 Å². The van der Waals surface area contributed by atoms with Crippen LogP contribution in [0, 0.1) is 6.92 Å². The molecular weight excluding hydrogens is 490 g/mol. The van der Waals surface area contributed by atoms with E-state index in [2.05, 4.69) is 10.00 Å². The Bertz CT molecular complexity index is 1100. The molecule has 0 radical (unpaired) electrons. The monoisotopic (exact) mass is 523 g/mol. The van der Waals surface area contributed by atoms with E-state index in [1.54, 1.807) is 23.8 Å². The molecule has 1 saturated heterocycles. The van der Waals surface area contributed by atoms with Gasteiger partial charge in [-0.2, -0.15) is 5.10 Å². The number of ether oxygens (including phenoxy) is 3. The summed E-state index contributed by atoms with van der Waals surface area (Å²) in [5, 5.41) is 5.17. The number of fused-ring (bicyclic) bond motifs is 1. The smallest absolute Gasteiger partial charge is 0.278 e. The van der Waals surface area contributed by atoms with E-state index in [4.69, 9.17) is 19.2 Å². The van der Waals surface area contributed by atoms with Gasteiger partial charge in [-0.25, -0.2) is 4.98 Å². The first-order valence-corrected chi connectivity index (χ1v) is 12.4. The minimum Gasteiger partial charge on any atom is -0.495 e. The maximum atomic E-state index is 13.9. The van der Waals surface area contributed by atoms with Gasteiger partial charge in [-0.15, -0.1) is 12.4 Å². The van der Waals surface area contributed by atoms with Gasteiger partial charge in [-0.3, -0.25) is 19.3 Å². The van der Waals surface area contributed by atoms with E-state index < -0.39 is 0 Å². The van der Waals surface area contributed by atoms with Crippen LogP contribution in [-0.4, -0.2) is 79.2 Å². The van der Waals surface area contributed by atoms with E-state index in [1.807, 2.05) is 39.0 Å². The number of benzene rings is 1. The number of aryl methyl sites for hydroxylation is 1. The van der Waals surface area contributed by atoms with Crippen LogP contribution in [0.4, 0.5) is 5.13 Å². The lowest BCUT2D eigenvalue weighted by Crippen LogP contribution is -2.39. The zero-order valence-corrected chi connectivity index (χ0v) is 22.6. The normalized spacial score (nSPS) is 14.2. The molecule has 4 rings (SSSR count). The maximum Gasteiger partial charge on any atom is 0.278 e. The van der Waals surface area contributed by atoms with Crippen LogP contribution in [0.1, 0.15) is 42.5 Å². The molecule has 2 aromatic heterocycles. The fourth-order valence-corrected chi connectivity index (χ4v) is 5.26. The molecule has 0 unspecified atom stereocenters. The third-order valence-electron chi connectivity index (χ3n) is 5.90. The molecule has 9 nitrogen and oxygen atoms in total. The molecule has 1 aromatic carbocycles. The summed E-state index contributed by atoms with van der Waals surface area (Å²) in [5.41, 5.74) is 2.08. The predicted octanol–water partition coefficient (Wildman–Crippen LogP) is 4.19. The van der Waals surface area contributed by atoms with Crippen molar-refractivity contribution in [1.29, 1.82) is 0 Å². The molecule has 35 heavy (non-hydrogen) atoms. The molecule has 0 N–H and O–H groups in total. The van der Waals surface area contributed by atoms with Gasteiger partial charge in [-0.1, -0.05) is 11.3 Å². The number of hydrogen-bond acceptors (Lipinski definition) is 8. The van der Waals surface area contributed by atoms with Crippen LogP contribution in [0.25, 0.3) is 10.2 Å². The zero-order valence-electron chi connectivity index (χ0n) is 20.9. The number of rotatable bonds is 9. The van der Waals surface area contributed by atoms with Gasteiger partial charge in [0.05, 0.1) is 33.1 Å². The summed E-state index contributed by atoms with van der Waals surface area (Å²) in [6.07, 6.45) is 0.824. The summed E-state index contributed by atoms with van der Waals surface area (Å²) >= 11 is 1.44. The molecule has 3 heterocycles. The molecule has 0 aliphatic carbocycles. The van der Waals surface area contributed by atoms with Crippen molar-refractivity contribution in [3.63, 3.8) is 0 Å². The molecule has 0 saturated carbocycles. The van der Waals surface area contributed by atoms with Crippen molar-refractivity contribution in [2.45, 2.75) is 33.2 Å². The van der Waals surface area contributed by atoms with Gasteiger partial charge in [0.1, 0.15) is 27.4 Å². The van der Waals surface area contributed by atoms with Crippen molar-refractivity contribution >= 4 is 45.0 Å². The molecule has 0 spiro atoms. The number of carbonyl (C=O) groups is 1. The van der Waals surface area contributed by atoms with E-state index in [0.717, 1.165) is 49.7 Å². The molecule has 1 amide bonds. The Morgan fingerprint density at radius 1 is 1.20 bits per heavy atom. The number of amides is 1. The van der Waals surface area contributed by atoms with Gasteiger partial charge in [0.15, 0.2) is 5.13 Å². The van der Waals surface area contributed by atoms with Crippen LogP contribution < -0.4 is 14.4 Å². The lowest BCUT2D eigenvalue weighted by atomic mass is 10.2. The Balaban J connectivity index is 0.00000342. The zero-order chi connectivity index (χ0) is 24.2. The molecule has 1 aliphatic rings. The van der Waals surface area contributed by atoms with Gasteiger partial charge >= 0.3 is 0 Å². The van der Waals surface area contributed by atoms with Crippen molar-refractivity contribution in [2.24, 2.45) is 0 Å². The van der Waals surface area contributed by atoms with Crippen LogP contribution in [-0.2, 0) is 4.74 Å². The lowest BCUT2D eigenvalue weighted by Gasteiger charge is -2.28. The number of thiazole rings is 1. The summed E-state index contributed by atoms with van der Waals surface area (Å²) in [5.74, 6) is 1.26. The first kappa shape index (κ1) is 27.2. The number of methoxy groups -OCH3 is 2. The van der Waals surface area contributed by atoms with Gasteiger partial charge in [0.2, 0.25) is 0 Å². The van der Waals surface area contributed by atoms with E-state index in [1.165, 1.54) is 11.3 Å². The van der Waals surface area contributed by atoms with E-state index >= 15 is 0 Å². The van der Waals surface area contributed by atoms with Crippen LogP contribution in [0.15, 0.2) is 18.2 Å². The second-order valence-electron chi connectivity index (χ2n) is 8.62. The predicted molar refractivity (Wildman–Crippen MR) is 141 cm³/mol. The van der Waals surface area contributed by atoms with Crippen LogP contribution in [0.2, 0.25) is 0 Å². The lowest BCUT2D eigenvalue weighted by molar-refractivity contribution is 0.0376. The molecule has 0 bridgehead atoms. The first-order chi connectivity index (χ1) is 16.4. The maximum absolute atomic E-state index is 13.9. The van der Waals surface area contributed by atoms with Gasteiger partial charge in [-0.05, 0) is 45.4 Å². The number of halogens is 1. The van der Waals surface area contributed by atoms with Crippen molar-refractivity contribution in [1.82, 2.24) is 19.7 Å². The van der Waals surface area contributed by atoms with Crippen LogP contribution in [0.5, 0.6) is 11.5 Å². The second kappa shape index (κ2) is 12.0. The van der Waals surface area contributed by atoms with Gasteiger partial charge < -0.3 is 14.2 Å². The molecule has 1 aliphatic heterocycles. The van der Waals surface area contributed by atoms with Gasteiger partial charge in [0.25, 0.3) is 5.91 Å². The minimum absolute atomic E-state index is 0. The van der Waals surface area contributed by atoms with Crippen LogP contribution >= 0.6 is 23.7 Å². The summed E-state index contributed by atoms with van der Waals surface area (Å²) in [7, 11) is 3.26. The first-order valence-electron chi connectivity index (χ1n) is 11.6. The number of morpholine rings is 1. The van der Waals surface area contributed by atoms with Crippen molar-refractivity contribution in [2.75, 3.05) is 58.5 Å². The average Bonchev–Trinajstić information content (AvgIpc) is 3.45. The van der Waals surface area contributed by atoms with Crippen molar-refractivity contribution in [3.8, 4) is 11.5 Å². The molecular formula is C24H34ClN5O4S. The fraction of sp³-hybridized carbons (Fsp3) is 0.542. The van der Waals surface area contributed by atoms with Gasteiger partial charge in [0, 0.05) is 32.2 Å². The van der Waals surface area contributed by atoms with Crippen molar-refractivity contribution < 1.29 is 19.0 Å². The highest BCUT2D eigenvalue weighted by molar-refractivity contribution is 7.22. The summed E-state index contributed by atoms with van der Waals surface area (Å²) in [4.78, 5) is 22.9. The summed E-state index contributed by atoms with van der Waals surface area (Å²) < 4.78 is 19.2. The Morgan fingerprint density at radius 3 is 2.54 bits per heavy atom. The largest absolute Gasteiger partial charge is 0.495 e. The average molecular weight is 524 g/mol. The Labute approximate surface area is 216 Å². The molecule has 192 valence electrons. The quantitative estimate of drug-likeness (QED) is 0.416. The molecule has 11 heteroatoms. The topological polar surface area (TPSA) is 82.0 Å². The Kier molecular flexibility index (Phi) is 9.34. The highest BCUT2D eigenvalue weighted by atomic mass is 35.5. The number of hydrogen-bond donors (Lipinski definition) is 0. The highest BCUT2D eigenvalue weighted by Crippen LogP contribution is 2.40. The molecule has 0 atom stereocenters. The fourth-order valence-electron chi connectivity index (χ4n) is 4.16. The molecule has 3 aromatic rings. The van der Waals surface area contributed by atoms with E-state index in [-0.39, 0.29) is 24.4 Å². The second-order valence-corrected chi connectivity index (χ2v) is 9.60. The summed E-state index contributed by atoms with van der Waals surface area (Å²) in [6.45, 7) is 10.8. The number of carbonyl (C=O) groups excluding carboxylic acids is 1. The Hall–Kier alpha value is -2.40. The number of nitrogens with zero attached hydrogens (tertiary/aromatic N) is 5. The third kappa shape index (κ3) is 5.88. The van der Waals surface area contributed by atoms with Crippen LogP contribution in [0.3, 0.4) is 0 Å². The molecule has 1 fully saturated rings. The standard InChI is InChI=1S/C24H33N5O4S.ClH/c1-16(2)29-18(15-17(3)26-29)23(30)28(10-6-9-27-11-13-33-14-12-27)24-25-21-19(31-4)7-8-20(32-5)22(21)34-24;/h7-8,15-16H,6,9-14H2,1-5H3;1H. The SMILES string of the molecule is COc1ccc(OC)c2sc(N(CCCN3CCOCC3)C(=O)c3cc(C)nn3C(C)C)nc12.Cl.